The van der Waals surface area contributed by atoms with Gasteiger partial charge in [0.15, 0.2) is 9.84 Å². The Morgan fingerprint density at radius 1 is 1.41 bits per heavy atom. The van der Waals surface area contributed by atoms with E-state index in [0.717, 1.165) is 24.3 Å². The van der Waals surface area contributed by atoms with Crippen molar-refractivity contribution in [3.05, 3.63) is 23.8 Å². The fraction of sp³-hybridized carbons (Fsp3) is 0.500. The van der Waals surface area contributed by atoms with E-state index in [0.29, 0.717) is 6.54 Å². The summed E-state index contributed by atoms with van der Waals surface area (Å²) < 4.78 is 23.0. The van der Waals surface area contributed by atoms with Crippen molar-refractivity contribution in [1.29, 1.82) is 0 Å². The highest BCUT2D eigenvalue weighted by atomic mass is 32.2. The van der Waals surface area contributed by atoms with Gasteiger partial charge in [-0.25, -0.2) is 8.42 Å². The molecular formula is C12H18N2O2S. The van der Waals surface area contributed by atoms with Crippen LogP contribution in [0, 0.1) is 0 Å². The lowest BCUT2D eigenvalue weighted by molar-refractivity contribution is 0.596. The van der Waals surface area contributed by atoms with Gasteiger partial charge in [-0.3, -0.25) is 0 Å². The molecule has 0 unspecified atom stereocenters. The van der Waals surface area contributed by atoms with Crippen molar-refractivity contribution in [2.75, 3.05) is 35.2 Å². The topological polar surface area (TPSA) is 63.4 Å². The summed E-state index contributed by atoms with van der Waals surface area (Å²) in [5.74, 6) is 0.433. The van der Waals surface area contributed by atoms with E-state index < -0.39 is 9.84 Å². The molecule has 1 aromatic rings. The normalized spacial score (nSPS) is 15.0. The molecule has 94 valence electrons. The van der Waals surface area contributed by atoms with Crippen molar-refractivity contribution in [3.8, 4) is 0 Å². The molecule has 0 aromatic heterocycles. The van der Waals surface area contributed by atoms with Crippen LogP contribution in [0.5, 0.6) is 0 Å². The molecule has 1 aliphatic rings. The van der Waals surface area contributed by atoms with Crippen LogP contribution < -0.4 is 10.6 Å². The molecule has 1 aliphatic heterocycles. The lowest BCUT2D eigenvalue weighted by atomic mass is 10.1. The first-order valence-electron chi connectivity index (χ1n) is 5.85. The van der Waals surface area contributed by atoms with Gasteiger partial charge < -0.3 is 10.6 Å². The molecule has 2 rings (SSSR count). The third kappa shape index (κ3) is 2.72. The maximum atomic E-state index is 11.5. The fourth-order valence-corrected chi connectivity index (χ4v) is 2.88. The van der Waals surface area contributed by atoms with E-state index in [1.54, 1.807) is 6.92 Å². The molecule has 0 saturated heterocycles. The maximum absolute atomic E-state index is 11.5. The second-order valence-electron chi connectivity index (χ2n) is 4.36. The zero-order valence-corrected chi connectivity index (χ0v) is 10.8. The number of rotatable bonds is 4. The summed E-state index contributed by atoms with van der Waals surface area (Å²) in [6, 6.07) is 5.85. The molecule has 0 bridgehead atoms. The van der Waals surface area contributed by atoms with Gasteiger partial charge in [0.1, 0.15) is 0 Å². The number of hydrogen-bond acceptors (Lipinski definition) is 4. The van der Waals surface area contributed by atoms with Crippen LogP contribution in [-0.4, -0.2) is 33.0 Å². The van der Waals surface area contributed by atoms with E-state index >= 15 is 0 Å². The molecule has 5 heteroatoms. The summed E-state index contributed by atoms with van der Waals surface area (Å²) in [7, 11) is -2.89. The van der Waals surface area contributed by atoms with E-state index in [1.165, 1.54) is 5.56 Å². The Bertz CT molecular complexity index is 511. The van der Waals surface area contributed by atoms with Crippen molar-refractivity contribution in [2.45, 2.75) is 13.3 Å². The number of anilines is 2. The lowest BCUT2D eigenvalue weighted by Crippen LogP contribution is -2.28. The van der Waals surface area contributed by atoms with Crippen LogP contribution >= 0.6 is 0 Å². The highest BCUT2D eigenvalue weighted by Crippen LogP contribution is 2.29. The number of benzene rings is 1. The summed E-state index contributed by atoms with van der Waals surface area (Å²) in [4.78, 5) is 2.11. The van der Waals surface area contributed by atoms with Crippen LogP contribution in [-0.2, 0) is 16.3 Å². The van der Waals surface area contributed by atoms with E-state index in [1.807, 2.05) is 18.2 Å². The lowest BCUT2D eigenvalue weighted by Gasteiger charge is -2.19. The Kier molecular flexibility index (Phi) is 3.28. The number of nitrogens with zero attached hydrogens (tertiary/aromatic N) is 1. The number of sulfone groups is 1. The number of hydrogen-bond donors (Lipinski definition) is 1. The zero-order valence-electron chi connectivity index (χ0n) is 10.0. The van der Waals surface area contributed by atoms with Crippen molar-refractivity contribution >= 4 is 21.2 Å². The molecule has 1 aromatic carbocycles. The van der Waals surface area contributed by atoms with E-state index in [9.17, 15) is 8.42 Å². The summed E-state index contributed by atoms with van der Waals surface area (Å²) in [6.07, 6.45) is 0.974. The Morgan fingerprint density at radius 3 is 2.88 bits per heavy atom. The summed E-state index contributed by atoms with van der Waals surface area (Å²) in [6.45, 7) is 3.13. The molecule has 2 N–H and O–H groups in total. The average molecular weight is 254 g/mol. The van der Waals surface area contributed by atoms with Gasteiger partial charge in [-0.05, 0) is 24.1 Å². The van der Waals surface area contributed by atoms with Gasteiger partial charge in [-0.2, -0.15) is 0 Å². The standard InChI is InChI=1S/C12H18N2O2S/c1-2-17(15,16)8-7-14-6-5-10-3-4-11(13)9-12(10)14/h3-4,9H,2,5-8,13H2,1H3. The van der Waals surface area contributed by atoms with Gasteiger partial charge >= 0.3 is 0 Å². The number of nitrogen functional groups attached to an aromatic ring is 1. The summed E-state index contributed by atoms with van der Waals surface area (Å²) in [5, 5.41) is 0. The molecule has 0 atom stereocenters. The SMILES string of the molecule is CCS(=O)(=O)CCN1CCc2ccc(N)cc21. The first kappa shape index (κ1) is 12.2. The first-order valence-corrected chi connectivity index (χ1v) is 7.68. The molecule has 0 radical (unpaired) electrons. The van der Waals surface area contributed by atoms with E-state index in [2.05, 4.69) is 4.90 Å². The first-order chi connectivity index (χ1) is 8.02. The summed E-state index contributed by atoms with van der Waals surface area (Å²) in [5.41, 5.74) is 8.84. The Hall–Kier alpha value is -1.23. The van der Waals surface area contributed by atoms with Crippen LogP contribution in [0.1, 0.15) is 12.5 Å². The van der Waals surface area contributed by atoms with Crippen molar-refractivity contribution in [1.82, 2.24) is 0 Å². The van der Waals surface area contributed by atoms with Gasteiger partial charge in [0.25, 0.3) is 0 Å². The second kappa shape index (κ2) is 4.56. The predicted molar refractivity (Wildman–Crippen MR) is 71.1 cm³/mol. The molecule has 0 fully saturated rings. The van der Waals surface area contributed by atoms with Crippen LogP contribution in [0.2, 0.25) is 0 Å². The van der Waals surface area contributed by atoms with Crippen LogP contribution in [0.25, 0.3) is 0 Å². The quantitative estimate of drug-likeness (QED) is 0.816. The number of fused-ring (bicyclic) bond motifs is 1. The summed E-state index contributed by atoms with van der Waals surface area (Å²) >= 11 is 0. The van der Waals surface area contributed by atoms with Crippen LogP contribution in [0.3, 0.4) is 0 Å². The Balaban J connectivity index is 2.10. The van der Waals surface area contributed by atoms with Gasteiger partial charge in [0.2, 0.25) is 0 Å². The largest absolute Gasteiger partial charge is 0.399 e. The molecule has 0 spiro atoms. The number of nitrogens with two attached hydrogens (primary N) is 1. The molecule has 0 amide bonds. The smallest absolute Gasteiger partial charge is 0.151 e. The minimum atomic E-state index is -2.89. The average Bonchev–Trinajstić information content (AvgIpc) is 2.69. The monoisotopic (exact) mass is 254 g/mol. The Morgan fingerprint density at radius 2 is 2.18 bits per heavy atom. The fourth-order valence-electron chi connectivity index (χ4n) is 2.09. The van der Waals surface area contributed by atoms with Gasteiger partial charge in [0.05, 0.1) is 5.75 Å². The van der Waals surface area contributed by atoms with Crippen molar-refractivity contribution < 1.29 is 8.42 Å². The third-order valence-corrected chi connectivity index (χ3v) is 4.90. The minimum Gasteiger partial charge on any atom is -0.399 e. The van der Waals surface area contributed by atoms with Gasteiger partial charge in [-0.1, -0.05) is 13.0 Å². The highest BCUT2D eigenvalue weighted by molar-refractivity contribution is 7.91. The molecule has 0 saturated carbocycles. The van der Waals surface area contributed by atoms with Gasteiger partial charge in [0, 0.05) is 30.2 Å². The molecule has 17 heavy (non-hydrogen) atoms. The predicted octanol–water partition coefficient (Wildman–Crippen LogP) is 1.07. The minimum absolute atomic E-state index is 0.213. The molecular weight excluding hydrogens is 236 g/mol. The van der Waals surface area contributed by atoms with E-state index in [-0.39, 0.29) is 11.5 Å². The highest BCUT2D eigenvalue weighted by Gasteiger charge is 2.20. The van der Waals surface area contributed by atoms with Crippen LogP contribution in [0.4, 0.5) is 11.4 Å². The Labute approximate surface area is 102 Å². The molecule has 0 aliphatic carbocycles. The van der Waals surface area contributed by atoms with Crippen molar-refractivity contribution in [3.63, 3.8) is 0 Å². The van der Waals surface area contributed by atoms with Crippen molar-refractivity contribution in [2.24, 2.45) is 0 Å². The van der Waals surface area contributed by atoms with E-state index in [4.69, 9.17) is 5.73 Å². The van der Waals surface area contributed by atoms with Gasteiger partial charge in [-0.15, -0.1) is 0 Å². The molecule has 4 nitrogen and oxygen atoms in total. The second-order valence-corrected chi connectivity index (χ2v) is 6.83. The maximum Gasteiger partial charge on any atom is 0.151 e. The molecule has 1 heterocycles. The third-order valence-electron chi connectivity index (χ3n) is 3.21. The zero-order chi connectivity index (χ0) is 12.5. The van der Waals surface area contributed by atoms with Crippen LogP contribution in [0.15, 0.2) is 18.2 Å².